The summed E-state index contributed by atoms with van der Waals surface area (Å²) in [5, 5.41) is 3.58. The molecule has 2 heterocycles. The fourth-order valence-corrected chi connectivity index (χ4v) is 3.13. The van der Waals surface area contributed by atoms with Gasteiger partial charge in [-0.3, -0.25) is 0 Å². The van der Waals surface area contributed by atoms with Gasteiger partial charge in [0.15, 0.2) is 0 Å². The lowest BCUT2D eigenvalue weighted by atomic mass is 9.97. The topological polar surface area (TPSA) is 24.5 Å². The highest BCUT2D eigenvalue weighted by atomic mass is 16.5. The van der Waals surface area contributed by atoms with E-state index < -0.39 is 0 Å². The lowest BCUT2D eigenvalue weighted by molar-refractivity contribution is -0.0127. The summed E-state index contributed by atoms with van der Waals surface area (Å²) in [6.45, 7) is 10.3. The molecule has 2 saturated heterocycles. The standard InChI is InChI=1S/C15H30N2O/c1-13(2)16-10-14-6-5-8-17(11-14)12-15-7-3-4-9-18-15/h13-16H,3-12H2,1-2H3. The van der Waals surface area contributed by atoms with Crippen LogP contribution in [-0.2, 0) is 4.74 Å². The molecule has 3 nitrogen and oxygen atoms in total. The Labute approximate surface area is 112 Å². The van der Waals surface area contributed by atoms with Crippen molar-refractivity contribution in [1.82, 2.24) is 10.2 Å². The molecule has 2 fully saturated rings. The van der Waals surface area contributed by atoms with E-state index in [1.807, 2.05) is 0 Å². The highest BCUT2D eigenvalue weighted by Crippen LogP contribution is 2.19. The van der Waals surface area contributed by atoms with Crippen LogP contribution in [0.25, 0.3) is 0 Å². The minimum atomic E-state index is 0.510. The van der Waals surface area contributed by atoms with Gasteiger partial charge in [0.25, 0.3) is 0 Å². The van der Waals surface area contributed by atoms with Crippen LogP contribution in [0.5, 0.6) is 0 Å². The third kappa shape index (κ3) is 4.87. The van der Waals surface area contributed by atoms with E-state index in [2.05, 4.69) is 24.1 Å². The molecule has 1 N–H and O–H groups in total. The number of hydrogen-bond donors (Lipinski definition) is 1. The Morgan fingerprint density at radius 2 is 2.11 bits per heavy atom. The molecule has 0 aromatic rings. The fraction of sp³-hybridized carbons (Fsp3) is 1.00. The van der Waals surface area contributed by atoms with E-state index in [9.17, 15) is 0 Å². The van der Waals surface area contributed by atoms with Crippen LogP contribution in [0.2, 0.25) is 0 Å². The van der Waals surface area contributed by atoms with E-state index in [4.69, 9.17) is 4.74 Å². The van der Waals surface area contributed by atoms with Crippen molar-refractivity contribution in [3.05, 3.63) is 0 Å². The summed E-state index contributed by atoms with van der Waals surface area (Å²) in [7, 11) is 0. The lowest BCUT2D eigenvalue weighted by Crippen LogP contribution is -2.44. The quantitative estimate of drug-likeness (QED) is 0.814. The molecule has 0 radical (unpaired) electrons. The van der Waals surface area contributed by atoms with E-state index >= 15 is 0 Å². The summed E-state index contributed by atoms with van der Waals surface area (Å²) in [4.78, 5) is 2.63. The van der Waals surface area contributed by atoms with Crippen LogP contribution in [0.1, 0.15) is 46.0 Å². The SMILES string of the molecule is CC(C)NCC1CCCN(CC2CCCCO2)C1. The summed E-state index contributed by atoms with van der Waals surface area (Å²) >= 11 is 0. The van der Waals surface area contributed by atoms with Crippen molar-refractivity contribution < 1.29 is 4.74 Å². The van der Waals surface area contributed by atoms with E-state index in [1.165, 1.54) is 51.7 Å². The van der Waals surface area contributed by atoms with Crippen molar-refractivity contribution in [3.63, 3.8) is 0 Å². The first-order valence-electron chi connectivity index (χ1n) is 7.81. The smallest absolute Gasteiger partial charge is 0.0702 e. The Kier molecular flexibility index (Phi) is 5.93. The normalized spacial score (nSPS) is 30.8. The molecular weight excluding hydrogens is 224 g/mol. The van der Waals surface area contributed by atoms with Crippen LogP contribution in [0.15, 0.2) is 0 Å². The second-order valence-corrected chi connectivity index (χ2v) is 6.32. The number of likely N-dealkylation sites (tertiary alicyclic amines) is 1. The van der Waals surface area contributed by atoms with Crippen LogP contribution in [-0.4, -0.2) is 49.8 Å². The Bertz CT molecular complexity index is 227. The molecule has 0 saturated carbocycles. The predicted octanol–water partition coefficient (Wildman–Crippen LogP) is 2.27. The number of hydrogen-bond acceptors (Lipinski definition) is 3. The number of nitrogens with zero attached hydrogens (tertiary/aromatic N) is 1. The molecule has 0 spiro atoms. The molecule has 2 atom stereocenters. The second kappa shape index (κ2) is 7.46. The van der Waals surface area contributed by atoms with Crippen LogP contribution in [0.3, 0.4) is 0 Å². The molecule has 0 aliphatic carbocycles. The van der Waals surface area contributed by atoms with Crippen molar-refractivity contribution in [2.24, 2.45) is 5.92 Å². The van der Waals surface area contributed by atoms with Crippen molar-refractivity contribution in [2.45, 2.75) is 58.1 Å². The average Bonchev–Trinajstić information content (AvgIpc) is 2.38. The van der Waals surface area contributed by atoms with Gasteiger partial charge < -0.3 is 15.0 Å². The molecule has 18 heavy (non-hydrogen) atoms. The second-order valence-electron chi connectivity index (χ2n) is 6.32. The first-order valence-corrected chi connectivity index (χ1v) is 7.81. The van der Waals surface area contributed by atoms with Gasteiger partial charge in [-0.1, -0.05) is 13.8 Å². The molecule has 2 aliphatic heterocycles. The number of rotatable bonds is 5. The Hall–Kier alpha value is -0.120. The maximum atomic E-state index is 5.86. The summed E-state index contributed by atoms with van der Waals surface area (Å²) in [5.41, 5.74) is 0. The minimum absolute atomic E-state index is 0.510. The van der Waals surface area contributed by atoms with Gasteiger partial charge in [-0.25, -0.2) is 0 Å². The van der Waals surface area contributed by atoms with Crippen LogP contribution in [0, 0.1) is 5.92 Å². The van der Waals surface area contributed by atoms with Crippen LogP contribution >= 0.6 is 0 Å². The van der Waals surface area contributed by atoms with E-state index in [-0.39, 0.29) is 0 Å². The van der Waals surface area contributed by atoms with E-state index in [0.29, 0.717) is 12.1 Å². The molecular formula is C15H30N2O. The number of ether oxygens (including phenoxy) is 1. The first kappa shape index (κ1) is 14.3. The average molecular weight is 254 g/mol. The monoisotopic (exact) mass is 254 g/mol. The third-order valence-corrected chi connectivity index (χ3v) is 4.15. The summed E-state index contributed by atoms with van der Waals surface area (Å²) in [6.07, 6.45) is 7.15. The summed E-state index contributed by atoms with van der Waals surface area (Å²) in [5.74, 6) is 0.838. The lowest BCUT2D eigenvalue weighted by Gasteiger charge is -2.36. The first-order chi connectivity index (χ1) is 8.74. The van der Waals surface area contributed by atoms with Gasteiger partial charge in [-0.2, -0.15) is 0 Å². The minimum Gasteiger partial charge on any atom is -0.377 e. The Morgan fingerprint density at radius 3 is 2.83 bits per heavy atom. The van der Waals surface area contributed by atoms with Crippen molar-refractivity contribution in [2.75, 3.05) is 32.8 Å². The van der Waals surface area contributed by atoms with Gasteiger partial charge in [-0.05, 0) is 51.1 Å². The third-order valence-electron chi connectivity index (χ3n) is 4.15. The number of piperidine rings is 1. The molecule has 0 bridgehead atoms. The zero-order valence-corrected chi connectivity index (χ0v) is 12.2. The largest absolute Gasteiger partial charge is 0.377 e. The molecule has 2 unspecified atom stereocenters. The zero-order valence-electron chi connectivity index (χ0n) is 12.2. The molecule has 0 aromatic carbocycles. The van der Waals surface area contributed by atoms with E-state index in [1.54, 1.807) is 0 Å². The highest BCUT2D eigenvalue weighted by Gasteiger charge is 2.23. The van der Waals surface area contributed by atoms with Crippen molar-refractivity contribution >= 4 is 0 Å². The van der Waals surface area contributed by atoms with Crippen molar-refractivity contribution in [1.29, 1.82) is 0 Å². The van der Waals surface area contributed by atoms with Gasteiger partial charge >= 0.3 is 0 Å². The van der Waals surface area contributed by atoms with Gasteiger partial charge in [0.2, 0.25) is 0 Å². The maximum absolute atomic E-state index is 5.86. The Balaban J connectivity index is 1.68. The molecule has 2 rings (SSSR count). The molecule has 106 valence electrons. The van der Waals surface area contributed by atoms with Gasteiger partial charge in [0, 0.05) is 25.7 Å². The summed E-state index contributed by atoms with van der Waals surface area (Å²) in [6, 6.07) is 0.613. The zero-order chi connectivity index (χ0) is 12.8. The van der Waals surface area contributed by atoms with Gasteiger partial charge in [-0.15, -0.1) is 0 Å². The fourth-order valence-electron chi connectivity index (χ4n) is 3.13. The van der Waals surface area contributed by atoms with Gasteiger partial charge in [0.05, 0.1) is 6.10 Å². The molecule has 0 amide bonds. The predicted molar refractivity (Wildman–Crippen MR) is 75.9 cm³/mol. The van der Waals surface area contributed by atoms with Crippen LogP contribution < -0.4 is 5.32 Å². The van der Waals surface area contributed by atoms with Crippen molar-refractivity contribution in [3.8, 4) is 0 Å². The van der Waals surface area contributed by atoms with E-state index in [0.717, 1.165) is 19.1 Å². The van der Waals surface area contributed by atoms with Crippen LogP contribution in [0.4, 0.5) is 0 Å². The summed E-state index contributed by atoms with van der Waals surface area (Å²) < 4.78 is 5.86. The maximum Gasteiger partial charge on any atom is 0.0702 e. The molecule has 0 aromatic heterocycles. The van der Waals surface area contributed by atoms with Gasteiger partial charge in [0.1, 0.15) is 0 Å². The molecule has 2 aliphatic rings. The number of nitrogens with one attached hydrogen (secondary N) is 1. The Morgan fingerprint density at radius 1 is 1.22 bits per heavy atom. The highest BCUT2D eigenvalue weighted by molar-refractivity contribution is 4.78. The molecule has 3 heteroatoms.